The van der Waals surface area contributed by atoms with E-state index in [1.165, 1.54) is 7.11 Å². The topological polar surface area (TPSA) is 82.5 Å². The predicted octanol–water partition coefficient (Wildman–Crippen LogP) is 2.90. The number of ether oxygens (including phenoxy) is 2. The van der Waals surface area contributed by atoms with Crippen molar-refractivity contribution in [3.63, 3.8) is 0 Å². The fraction of sp³-hybridized carbons (Fsp3) is 0.200. The van der Waals surface area contributed by atoms with Gasteiger partial charge in [-0.1, -0.05) is 18.2 Å². The van der Waals surface area contributed by atoms with E-state index in [0.717, 1.165) is 16.9 Å². The highest BCUT2D eigenvalue weighted by atomic mass is 32.2. The number of para-hydroxylation sites is 1. The summed E-state index contributed by atoms with van der Waals surface area (Å²) in [6.07, 6.45) is 0. The van der Waals surface area contributed by atoms with Crippen LogP contribution in [0.5, 0.6) is 11.5 Å². The zero-order valence-corrected chi connectivity index (χ0v) is 16.3. The Morgan fingerprint density at radius 1 is 1.07 bits per heavy atom. The summed E-state index contributed by atoms with van der Waals surface area (Å²) < 4.78 is 24.2. The molecule has 28 heavy (non-hydrogen) atoms. The molecule has 0 saturated carbocycles. The smallest absolute Gasteiger partial charge is 0.256 e. The second-order valence-corrected chi connectivity index (χ2v) is 7.73. The van der Waals surface area contributed by atoms with E-state index in [1.807, 2.05) is 30.3 Å². The summed E-state index contributed by atoms with van der Waals surface area (Å²) >= 11 is 0. The number of hydrogen-bond acceptors (Lipinski definition) is 5. The number of hydrogen-bond donors (Lipinski definition) is 1. The van der Waals surface area contributed by atoms with Gasteiger partial charge in [-0.25, -0.2) is 4.68 Å². The highest BCUT2D eigenvalue weighted by Crippen LogP contribution is 2.32. The molecule has 1 amide bonds. The van der Waals surface area contributed by atoms with E-state index in [0.29, 0.717) is 34.4 Å². The number of aromatic nitrogens is 2. The van der Waals surface area contributed by atoms with Crippen molar-refractivity contribution >= 4 is 22.5 Å². The molecule has 0 aliphatic carbocycles. The van der Waals surface area contributed by atoms with Crippen LogP contribution >= 0.6 is 0 Å². The van der Waals surface area contributed by atoms with Gasteiger partial charge in [0.05, 0.1) is 37.1 Å². The zero-order valence-electron chi connectivity index (χ0n) is 15.5. The average molecular weight is 397 g/mol. The Morgan fingerprint density at radius 2 is 1.82 bits per heavy atom. The number of nitrogens with one attached hydrogen (secondary N) is 1. The molecule has 7 nitrogen and oxygen atoms in total. The summed E-state index contributed by atoms with van der Waals surface area (Å²) in [5.74, 6) is 2.03. The first-order chi connectivity index (χ1) is 13.6. The van der Waals surface area contributed by atoms with Gasteiger partial charge in [0.2, 0.25) is 0 Å². The maximum atomic E-state index is 12.9. The first-order valence-corrected chi connectivity index (χ1v) is 10.1. The third kappa shape index (κ3) is 3.27. The number of benzene rings is 2. The van der Waals surface area contributed by atoms with Gasteiger partial charge in [-0.15, -0.1) is 0 Å². The number of amides is 1. The summed E-state index contributed by atoms with van der Waals surface area (Å²) in [7, 11) is 2.07. The first-order valence-electron chi connectivity index (χ1n) is 8.65. The molecule has 0 bridgehead atoms. The molecule has 144 valence electrons. The Hall–Kier alpha value is -3.13. The van der Waals surface area contributed by atoms with Gasteiger partial charge in [0.25, 0.3) is 5.91 Å². The van der Waals surface area contributed by atoms with Crippen LogP contribution < -0.4 is 14.8 Å². The molecular weight excluding hydrogens is 378 g/mol. The molecule has 4 rings (SSSR count). The van der Waals surface area contributed by atoms with Gasteiger partial charge in [0.15, 0.2) is 11.5 Å². The van der Waals surface area contributed by atoms with E-state index in [1.54, 1.807) is 30.0 Å². The summed E-state index contributed by atoms with van der Waals surface area (Å²) in [4.78, 5) is 12.9. The molecule has 0 saturated heterocycles. The largest absolute Gasteiger partial charge is 0.493 e. The molecular formula is C20H19N3O4S. The van der Waals surface area contributed by atoms with Crippen LogP contribution in [-0.4, -0.2) is 34.1 Å². The third-order valence-electron chi connectivity index (χ3n) is 4.55. The lowest BCUT2D eigenvalue weighted by Crippen LogP contribution is -2.16. The number of carbonyl (C=O) groups excluding carboxylic acids is 1. The maximum Gasteiger partial charge on any atom is 0.256 e. The Kier molecular flexibility index (Phi) is 4.87. The quantitative estimate of drug-likeness (QED) is 0.716. The van der Waals surface area contributed by atoms with Crippen LogP contribution in [0.15, 0.2) is 48.5 Å². The summed E-state index contributed by atoms with van der Waals surface area (Å²) in [6, 6.07) is 14.5. The first kappa shape index (κ1) is 18.2. The standard InChI is InChI=1S/C20H19N3O4S/c1-26-17-9-8-13(10-18(17)27-2)20(24)21-19-15-11-28(25)12-16(15)22-23(19)14-6-4-3-5-7-14/h3-10H,11-12H2,1-2H3,(H,21,24). The third-order valence-corrected chi connectivity index (χ3v) is 5.75. The molecule has 0 radical (unpaired) electrons. The maximum absolute atomic E-state index is 12.9. The molecule has 8 heteroatoms. The molecule has 3 aromatic rings. The molecule has 1 aliphatic heterocycles. The van der Waals surface area contributed by atoms with E-state index >= 15 is 0 Å². The monoisotopic (exact) mass is 397 g/mol. The molecule has 1 aromatic heterocycles. The fourth-order valence-electron chi connectivity index (χ4n) is 3.17. The summed E-state index contributed by atoms with van der Waals surface area (Å²) in [5, 5.41) is 7.53. The van der Waals surface area contributed by atoms with Crippen LogP contribution in [0.2, 0.25) is 0 Å². The lowest BCUT2D eigenvalue weighted by Gasteiger charge is -2.12. The normalized spacial score (nSPS) is 15.1. The van der Waals surface area contributed by atoms with Crippen LogP contribution in [0.1, 0.15) is 21.6 Å². The van der Waals surface area contributed by atoms with E-state index in [4.69, 9.17) is 9.47 Å². The molecule has 0 spiro atoms. The minimum Gasteiger partial charge on any atom is -0.493 e. The van der Waals surface area contributed by atoms with Crippen LogP contribution in [0.25, 0.3) is 5.69 Å². The molecule has 1 N–H and O–H groups in total. The SMILES string of the molecule is COc1ccc(C(=O)Nc2c3c(nn2-c2ccccc2)CS(=O)C3)cc1OC. The van der Waals surface area contributed by atoms with Crippen LogP contribution in [0.3, 0.4) is 0 Å². The number of fused-ring (bicyclic) bond motifs is 1. The molecule has 1 atom stereocenters. The van der Waals surface area contributed by atoms with Crippen molar-refractivity contribution in [3.05, 3.63) is 65.4 Å². The van der Waals surface area contributed by atoms with Crippen molar-refractivity contribution in [3.8, 4) is 17.2 Å². The second-order valence-electron chi connectivity index (χ2n) is 6.27. The van der Waals surface area contributed by atoms with E-state index in [9.17, 15) is 9.00 Å². The van der Waals surface area contributed by atoms with Gasteiger partial charge in [0.1, 0.15) is 5.82 Å². The van der Waals surface area contributed by atoms with Gasteiger partial charge >= 0.3 is 0 Å². The molecule has 0 fully saturated rings. The highest BCUT2D eigenvalue weighted by Gasteiger charge is 2.28. The Morgan fingerprint density at radius 3 is 2.54 bits per heavy atom. The van der Waals surface area contributed by atoms with E-state index in [2.05, 4.69) is 10.4 Å². The van der Waals surface area contributed by atoms with Gasteiger partial charge in [-0.2, -0.15) is 5.10 Å². The minimum atomic E-state index is -0.996. The Bertz CT molecular complexity index is 1060. The van der Waals surface area contributed by atoms with Crippen molar-refractivity contribution in [2.24, 2.45) is 0 Å². The number of anilines is 1. The van der Waals surface area contributed by atoms with Crippen molar-refractivity contribution in [2.45, 2.75) is 11.5 Å². The Labute approximate surface area is 164 Å². The lowest BCUT2D eigenvalue weighted by molar-refractivity contribution is 0.102. The van der Waals surface area contributed by atoms with Crippen LogP contribution in [-0.2, 0) is 22.3 Å². The van der Waals surface area contributed by atoms with Crippen LogP contribution in [0.4, 0.5) is 5.82 Å². The number of rotatable bonds is 5. The molecule has 2 aromatic carbocycles. The number of carbonyl (C=O) groups is 1. The van der Waals surface area contributed by atoms with Gasteiger partial charge in [-0.3, -0.25) is 9.00 Å². The van der Waals surface area contributed by atoms with E-state index in [-0.39, 0.29) is 5.91 Å². The fourth-order valence-corrected chi connectivity index (χ4v) is 4.43. The zero-order chi connectivity index (χ0) is 19.7. The van der Waals surface area contributed by atoms with Crippen molar-refractivity contribution < 1.29 is 18.5 Å². The van der Waals surface area contributed by atoms with Crippen molar-refractivity contribution in [1.29, 1.82) is 0 Å². The van der Waals surface area contributed by atoms with Crippen molar-refractivity contribution in [1.82, 2.24) is 9.78 Å². The number of nitrogens with zero attached hydrogens (tertiary/aromatic N) is 2. The molecule has 2 heterocycles. The molecule has 1 aliphatic rings. The Balaban J connectivity index is 1.71. The highest BCUT2D eigenvalue weighted by molar-refractivity contribution is 7.83. The summed E-state index contributed by atoms with van der Waals surface area (Å²) in [6.45, 7) is 0. The van der Waals surface area contributed by atoms with Gasteiger partial charge < -0.3 is 14.8 Å². The van der Waals surface area contributed by atoms with Crippen LogP contribution in [0, 0.1) is 0 Å². The van der Waals surface area contributed by atoms with Gasteiger partial charge in [0, 0.05) is 21.9 Å². The molecule has 1 unspecified atom stereocenters. The second kappa shape index (κ2) is 7.47. The predicted molar refractivity (Wildman–Crippen MR) is 107 cm³/mol. The minimum absolute atomic E-state index is 0.307. The van der Waals surface area contributed by atoms with E-state index < -0.39 is 10.8 Å². The summed E-state index contributed by atoms with van der Waals surface area (Å²) in [5.41, 5.74) is 2.82. The average Bonchev–Trinajstić information content (AvgIpc) is 3.24. The number of methoxy groups -OCH3 is 2. The van der Waals surface area contributed by atoms with Crippen molar-refractivity contribution in [2.75, 3.05) is 19.5 Å². The van der Waals surface area contributed by atoms with Gasteiger partial charge in [-0.05, 0) is 30.3 Å². The lowest BCUT2D eigenvalue weighted by atomic mass is 10.2.